The second kappa shape index (κ2) is 7.87. The molecular formula is C20H31N3O3S. The molecule has 0 aromatic carbocycles. The van der Waals surface area contributed by atoms with Gasteiger partial charge in [-0.2, -0.15) is 0 Å². The van der Waals surface area contributed by atoms with Gasteiger partial charge in [0.15, 0.2) is 9.84 Å². The summed E-state index contributed by atoms with van der Waals surface area (Å²) in [5, 5.41) is -0.379. The zero-order valence-electron chi connectivity index (χ0n) is 16.6. The first kappa shape index (κ1) is 20.3. The summed E-state index contributed by atoms with van der Waals surface area (Å²) in [6.45, 7) is 8.60. The highest BCUT2D eigenvalue weighted by Crippen LogP contribution is 2.30. The zero-order chi connectivity index (χ0) is 19.7. The number of carbonyl (C=O) groups is 1. The molecule has 1 aromatic heterocycles. The van der Waals surface area contributed by atoms with E-state index in [1.54, 1.807) is 6.20 Å². The molecule has 6 nitrogen and oxygen atoms in total. The Morgan fingerprint density at radius 3 is 2.63 bits per heavy atom. The SMILES string of the molecule is CC(C)(C)CC(=O)N1CC[C@@H]2[C@H](CC1)N(Cc1cccnc1)CCS2(=O)=O. The zero-order valence-corrected chi connectivity index (χ0v) is 17.4. The fourth-order valence-electron chi connectivity index (χ4n) is 4.20. The Morgan fingerprint density at radius 1 is 1.22 bits per heavy atom. The lowest BCUT2D eigenvalue weighted by Gasteiger charge is -2.40. The number of likely N-dealkylation sites (tertiary alicyclic amines) is 1. The lowest BCUT2D eigenvalue weighted by molar-refractivity contribution is -0.133. The van der Waals surface area contributed by atoms with Crippen molar-refractivity contribution in [2.24, 2.45) is 5.41 Å². The number of sulfone groups is 1. The fraction of sp³-hybridized carbons (Fsp3) is 0.700. The number of hydrogen-bond donors (Lipinski definition) is 0. The lowest BCUT2D eigenvalue weighted by Crippen LogP contribution is -2.54. The van der Waals surface area contributed by atoms with Crippen molar-refractivity contribution < 1.29 is 13.2 Å². The van der Waals surface area contributed by atoms with E-state index in [4.69, 9.17) is 0 Å². The molecule has 2 fully saturated rings. The molecule has 0 bridgehead atoms. The fourth-order valence-corrected chi connectivity index (χ4v) is 6.24. The van der Waals surface area contributed by atoms with E-state index < -0.39 is 9.84 Å². The Bertz CT molecular complexity index is 758. The van der Waals surface area contributed by atoms with Crippen molar-refractivity contribution in [1.82, 2.24) is 14.8 Å². The average molecular weight is 394 g/mol. The molecule has 0 radical (unpaired) electrons. The van der Waals surface area contributed by atoms with Gasteiger partial charge < -0.3 is 4.90 Å². The Kier molecular flexibility index (Phi) is 5.91. The van der Waals surface area contributed by atoms with Crippen molar-refractivity contribution in [3.63, 3.8) is 0 Å². The minimum Gasteiger partial charge on any atom is -0.343 e. The number of amides is 1. The largest absolute Gasteiger partial charge is 0.343 e. The number of carbonyl (C=O) groups excluding carboxylic acids is 1. The highest BCUT2D eigenvalue weighted by molar-refractivity contribution is 7.92. The third-order valence-electron chi connectivity index (χ3n) is 5.54. The molecule has 0 spiro atoms. The van der Waals surface area contributed by atoms with Crippen LogP contribution in [0.1, 0.15) is 45.6 Å². The van der Waals surface area contributed by atoms with Crippen LogP contribution < -0.4 is 0 Å². The summed E-state index contributed by atoms with van der Waals surface area (Å²) in [6, 6.07) is 3.91. The maximum Gasteiger partial charge on any atom is 0.223 e. The monoisotopic (exact) mass is 393 g/mol. The second-order valence-corrected chi connectivity index (χ2v) is 11.3. The van der Waals surface area contributed by atoms with Crippen molar-refractivity contribution in [3.8, 4) is 0 Å². The number of pyridine rings is 1. The van der Waals surface area contributed by atoms with Crippen molar-refractivity contribution >= 4 is 15.7 Å². The van der Waals surface area contributed by atoms with Gasteiger partial charge in [0, 0.05) is 51.0 Å². The predicted octanol–water partition coefficient (Wildman–Crippen LogP) is 2.11. The topological polar surface area (TPSA) is 70.6 Å². The van der Waals surface area contributed by atoms with Crippen LogP contribution in [0.3, 0.4) is 0 Å². The van der Waals surface area contributed by atoms with Crippen LogP contribution in [0.15, 0.2) is 24.5 Å². The van der Waals surface area contributed by atoms with E-state index in [9.17, 15) is 13.2 Å². The van der Waals surface area contributed by atoms with Gasteiger partial charge in [-0.15, -0.1) is 0 Å². The number of nitrogens with zero attached hydrogens (tertiary/aromatic N) is 3. The molecule has 0 aliphatic carbocycles. The first-order chi connectivity index (χ1) is 12.7. The number of aromatic nitrogens is 1. The van der Waals surface area contributed by atoms with Crippen molar-refractivity contribution in [3.05, 3.63) is 30.1 Å². The quantitative estimate of drug-likeness (QED) is 0.787. The molecule has 2 aliphatic heterocycles. The van der Waals surface area contributed by atoms with Crippen LogP contribution in [0.4, 0.5) is 0 Å². The van der Waals surface area contributed by atoms with E-state index in [0.29, 0.717) is 45.4 Å². The van der Waals surface area contributed by atoms with Gasteiger partial charge in [0.05, 0.1) is 11.0 Å². The molecule has 0 N–H and O–H groups in total. The van der Waals surface area contributed by atoms with E-state index in [1.807, 2.05) is 23.2 Å². The molecule has 150 valence electrons. The number of fused-ring (bicyclic) bond motifs is 1. The van der Waals surface area contributed by atoms with Crippen LogP contribution in [0.5, 0.6) is 0 Å². The van der Waals surface area contributed by atoms with Crippen molar-refractivity contribution in [2.45, 2.75) is 57.9 Å². The molecule has 3 rings (SSSR count). The first-order valence-electron chi connectivity index (χ1n) is 9.78. The molecule has 0 saturated carbocycles. The first-order valence-corrected chi connectivity index (χ1v) is 11.5. The second-order valence-electron chi connectivity index (χ2n) is 9.00. The molecule has 1 aromatic rings. The van der Waals surface area contributed by atoms with E-state index in [2.05, 4.69) is 30.7 Å². The Labute approximate surface area is 162 Å². The maximum absolute atomic E-state index is 12.7. The molecule has 0 unspecified atom stereocenters. The van der Waals surface area contributed by atoms with Gasteiger partial charge in [-0.3, -0.25) is 14.7 Å². The van der Waals surface area contributed by atoms with Gasteiger partial charge in [-0.25, -0.2) is 8.42 Å². The third-order valence-corrected chi connectivity index (χ3v) is 7.77. The summed E-state index contributed by atoms with van der Waals surface area (Å²) in [4.78, 5) is 21.0. The van der Waals surface area contributed by atoms with Gasteiger partial charge in [-0.05, 0) is 29.9 Å². The van der Waals surface area contributed by atoms with Gasteiger partial charge in [0.2, 0.25) is 5.91 Å². The highest BCUT2D eigenvalue weighted by Gasteiger charge is 2.43. The molecule has 1 amide bonds. The van der Waals surface area contributed by atoms with Gasteiger partial charge in [0.25, 0.3) is 0 Å². The summed E-state index contributed by atoms with van der Waals surface area (Å²) in [5.41, 5.74) is 1.04. The van der Waals surface area contributed by atoms with Crippen molar-refractivity contribution in [2.75, 3.05) is 25.4 Å². The van der Waals surface area contributed by atoms with E-state index in [-0.39, 0.29) is 28.4 Å². The number of hydrogen-bond acceptors (Lipinski definition) is 5. The summed E-state index contributed by atoms with van der Waals surface area (Å²) < 4.78 is 25.5. The smallest absolute Gasteiger partial charge is 0.223 e. The van der Waals surface area contributed by atoms with E-state index >= 15 is 0 Å². The maximum atomic E-state index is 12.7. The van der Waals surface area contributed by atoms with Crippen LogP contribution in [0.25, 0.3) is 0 Å². The molecular weight excluding hydrogens is 362 g/mol. The third kappa shape index (κ3) is 5.08. The van der Waals surface area contributed by atoms with Crippen LogP contribution in [-0.4, -0.2) is 65.8 Å². The van der Waals surface area contributed by atoms with E-state index in [0.717, 1.165) is 5.56 Å². The van der Waals surface area contributed by atoms with E-state index in [1.165, 1.54) is 0 Å². The summed E-state index contributed by atoms with van der Waals surface area (Å²) in [7, 11) is -3.11. The Balaban J connectivity index is 1.75. The predicted molar refractivity (Wildman–Crippen MR) is 106 cm³/mol. The average Bonchev–Trinajstić information content (AvgIpc) is 2.81. The summed E-state index contributed by atoms with van der Waals surface area (Å²) >= 11 is 0. The Morgan fingerprint density at radius 2 is 1.96 bits per heavy atom. The van der Waals surface area contributed by atoms with Crippen LogP contribution >= 0.6 is 0 Å². The molecule has 2 saturated heterocycles. The molecule has 27 heavy (non-hydrogen) atoms. The normalized spacial score (nSPS) is 26.3. The molecule has 3 heterocycles. The lowest BCUT2D eigenvalue weighted by atomic mass is 9.91. The molecule has 7 heteroatoms. The summed E-state index contributed by atoms with van der Waals surface area (Å²) in [6.07, 6.45) is 5.33. The van der Waals surface area contributed by atoms with Gasteiger partial charge in [-0.1, -0.05) is 26.8 Å². The van der Waals surface area contributed by atoms with Crippen LogP contribution in [0, 0.1) is 5.41 Å². The van der Waals surface area contributed by atoms with Crippen LogP contribution in [0.2, 0.25) is 0 Å². The number of rotatable bonds is 3. The van der Waals surface area contributed by atoms with Crippen LogP contribution in [-0.2, 0) is 21.2 Å². The highest BCUT2D eigenvalue weighted by atomic mass is 32.2. The standard InChI is InChI=1S/C20H31N3O3S/c1-20(2,3)13-19(24)22-9-6-17-18(7-10-22)27(25,26)12-11-23(17)15-16-5-4-8-21-14-16/h4-5,8,14,17-18H,6-7,9-13,15H2,1-3H3/t17-,18+/m0/s1. The molecule has 2 aliphatic rings. The minimum absolute atomic E-state index is 0.0311. The van der Waals surface area contributed by atoms with Crippen molar-refractivity contribution in [1.29, 1.82) is 0 Å². The molecule has 2 atom stereocenters. The Hall–Kier alpha value is -1.47. The minimum atomic E-state index is -3.11. The van der Waals surface area contributed by atoms with Gasteiger partial charge >= 0.3 is 0 Å². The van der Waals surface area contributed by atoms with Gasteiger partial charge in [0.1, 0.15) is 0 Å². The summed E-state index contributed by atoms with van der Waals surface area (Å²) in [5.74, 6) is 0.335.